The monoisotopic (exact) mass is 190 g/mol. The minimum absolute atomic E-state index is 0.140. The van der Waals surface area contributed by atoms with Gasteiger partial charge >= 0.3 is 0 Å². The van der Waals surface area contributed by atoms with Crippen molar-refractivity contribution >= 4 is 0 Å². The van der Waals surface area contributed by atoms with Crippen LogP contribution in [0.4, 0.5) is 0 Å². The minimum Gasteiger partial charge on any atom is -0.393 e. The van der Waals surface area contributed by atoms with E-state index in [1.165, 1.54) is 24.0 Å². The van der Waals surface area contributed by atoms with Crippen LogP contribution >= 0.6 is 0 Å². The molecular formula is C13H18O. The summed E-state index contributed by atoms with van der Waals surface area (Å²) in [6.45, 7) is 1.88. The summed E-state index contributed by atoms with van der Waals surface area (Å²) in [5.41, 5.74) is 3.03. The normalized spacial score (nSPS) is 18.1. The van der Waals surface area contributed by atoms with Crippen LogP contribution in [0.15, 0.2) is 24.3 Å². The van der Waals surface area contributed by atoms with Crippen molar-refractivity contribution < 1.29 is 5.11 Å². The molecule has 0 radical (unpaired) electrons. The smallest absolute Gasteiger partial charge is 0.0512 e. The van der Waals surface area contributed by atoms with Crippen LogP contribution in [0, 0.1) is 5.92 Å². The zero-order chi connectivity index (χ0) is 9.97. The zero-order valence-electron chi connectivity index (χ0n) is 8.74. The Morgan fingerprint density at radius 2 is 1.86 bits per heavy atom. The lowest BCUT2D eigenvalue weighted by molar-refractivity contribution is 0.174. The van der Waals surface area contributed by atoms with Crippen molar-refractivity contribution in [3.05, 3.63) is 35.4 Å². The van der Waals surface area contributed by atoms with Crippen molar-refractivity contribution in [1.82, 2.24) is 0 Å². The molecule has 1 atom stereocenters. The molecule has 0 fully saturated rings. The number of benzene rings is 1. The van der Waals surface area contributed by atoms with Crippen molar-refractivity contribution in [3.63, 3.8) is 0 Å². The molecule has 0 amide bonds. The molecule has 0 spiro atoms. The first kappa shape index (κ1) is 9.72. The van der Waals surface area contributed by atoms with Gasteiger partial charge in [-0.05, 0) is 49.7 Å². The Hall–Kier alpha value is -0.820. The molecular weight excluding hydrogens is 172 g/mol. The van der Waals surface area contributed by atoms with Crippen LogP contribution in [-0.2, 0) is 12.8 Å². The van der Waals surface area contributed by atoms with Gasteiger partial charge in [-0.2, -0.15) is 0 Å². The van der Waals surface area contributed by atoms with Crippen LogP contribution in [0.25, 0.3) is 0 Å². The van der Waals surface area contributed by atoms with Gasteiger partial charge in [0.2, 0.25) is 0 Å². The van der Waals surface area contributed by atoms with Gasteiger partial charge in [-0.25, -0.2) is 0 Å². The van der Waals surface area contributed by atoms with Gasteiger partial charge in [0.15, 0.2) is 0 Å². The fourth-order valence-corrected chi connectivity index (χ4v) is 2.33. The fourth-order valence-electron chi connectivity index (χ4n) is 2.33. The van der Waals surface area contributed by atoms with Gasteiger partial charge in [0.25, 0.3) is 0 Å². The topological polar surface area (TPSA) is 20.2 Å². The Morgan fingerprint density at radius 3 is 2.36 bits per heavy atom. The van der Waals surface area contributed by atoms with Crippen LogP contribution < -0.4 is 0 Å². The van der Waals surface area contributed by atoms with Gasteiger partial charge in [0.05, 0.1) is 6.10 Å². The molecule has 2 rings (SSSR count). The summed E-state index contributed by atoms with van der Waals surface area (Å²) in [5.74, 6) is 0.766. The average Bonchev–Trinajstić information content (AvgIpc) is 2.57. The highest BCUT2D eigenvalue weighted by Gasteiger charge is 2.20. The van der Waals surface area contributed by atoms with Gasteiger partial charge in [-0.15, -0.1) is 0 Å². The molecule has 1 nitrogen and oxygen atoms in total. The van der Waals surface area contributed by atoms with Crippen molar-refractivity contribution in [3.8, 4) is 0 Å². The van der Waals surface area contributed by atoms with Crippen molar-refractivity contribution in [2.24, 2.45) is 5.92 Å². The third-order valence-corrected chi connectivity index (χ3v) is 3.13. The molecule has 0 aromatic heterocycles. The summed E-state index contributed by atoms with van der Waals surface area (Å²) in [4.78, 5) is 0. The number of aliphatic hydroxyl groups is 1. The summed E-state index contributed by atoms with van der Waals surface area (Å²) in [5, 5.41) is 9.23. The van der Waals surface area contributed by atoms with Gasteiger partial charge in [-0.1, -0.05) is 24.3 Å². The van der Waals surface area contributed by atoms with E-state index in [0.29, 0.717) is 0 Å². The average molecular weight is 190 g/mol. The third kappa shape index (κ3) is 2.16. The van der Waals surface area contributed by atoms with E-state index in [1.807, 2.05) is 6.92 Å². The first-order valence-electron chi connectivity index (χ1n) is 5.50. The molecule has 76 valence electrons. The number of aliphatic hydroxyl groups excluding tert-OH is 1. The molecule has 1 aliphatic carbocycles. The second-order valence-corrected chi connectivity index (χ2v) is 4.47. The van der Waals surface area contributed by atoms with E-state index in [2.05, 4.69) is 24.3 Å². The van der Waals surface area contributed by atoms with E-state index in [4.69, 9.17) is 0 Å². The molecule has 0 heterocycles. The predicted octanol–water partition coefficient (Wildman–Crippen LogP) is 2.56. The molecule has 1 aromatic rings. The SMILES string of the molecule is C[C@H](O)CCC1Cc2ccccc2C1. The Kier molecular flexibility index (Phi) is 2.87. The Labute approximate surface area is 85.8 Å². The Bertz CT molecular complexity index is 279. The van der Waals surface area contributed by atoms with Gasteiger partial charge < -0.3 is 5.11 Å². The fraction of sp³-hybridized carbons (Fsp3) is 0.538. The maximum atomic E-state index is 9.23. The minimum atomic E-state index is -0.140. The Balaban J connectivity index is 1.92. The molecule has 0 saturated carbocycles. The summed E-state index contributed by atoms with van der Waals surface area (Å²) in [6.07, 6.45) is 4.38. The molecule has 1 N–H and O–H groups in total. The zero-order valence-corrected chi connectivity index (χ0v) is 8.74. The summed E-state index contributed by atoms with van der Waals surface area (Å²) in [7, 11) is 0. The maximum Gasteiger partial charge on any atom is 0.0512 e. The molecule has 1 aliphatic rings. The summed E-state index contributed by atoms with van der Waals surface area (Å²) < 4.78 is 0. The predicted molar refractivity (Wildman–Crippen MR) is 58.3 cm³/mol. The molecule has 0 saturated heterocycles. The van der Waals surface area contributed by atoms with Crippen LogP contribution in [0.5, 0.6) is 0 Å². The van der Waals surface area contributed by atoms with E-state index in [9.17, 15) is 5.11 Å². The Morgan fingerprint density at radius 1 is 1.29 bits per heavy atom. The maximum absolute atomic E-state index is 9.23. The molecule has 14 heavy (non-hydrogen) atoms. The van der Waals surface area contributed by atoms with E-state index < -0.39 is 0 Å². The number of hydrogen-bond donors (Lipinski definition) is 1. The van der Waals surface area contributed by atoms with Crippen LogP contribution in [0.1, 0.15) is 30.9 Å². The van der Waals surface area contributed by atoms with Crippen molar-refractivity contribution in [2.45, 2.75) is 38.7 Å². The van der Waals surface area contributed by atoms with E-state index >= 15 is 0 Å². The number of fused-ring (bicyclic) bond motifs is 1. The number of hydrogen-bond acceptors (Lipinski definition) is 1. The summed E-state index contributed by atoms with van der Waals surface area (Å²) in [6, 6.07) is 8.71. The highest BCUT2D eigenvalue weighted by atomic mass is 16.3. The lowest BCUT2D eigenvalue weighted by Crippen LogP contribution is -2.06. The lowest BCUT2D eigenvalue weighted by atomic mass is 9.98. The second kappa shape index (κ2) is 4.14. The lowest BCUT2D eigenvalue weighted by Gasteiger charge is -2.09. The van der Waals surface area contributed by atoms with Gasteiger partial charge in [-0.3, -0.25) is 0 Å². The van der Waals surface area contributed by atoms with E-state index in [-0.39, 0.29) is 6.10 Å². The van der Waals surface area contributed by atoms with E-state index in [1.54, 1.807) is 0 Å². The molecule has 1 heteroatoms. The van der Waals surface area contributed by atoms with Gasteiger partial charge in [0, 0.05) is 0 Å². The standard InChI is InChI=1S/C13H18O/c1-10(14)6-7-11-8-12-4-2-3-5-13(12)9-11/h2-5,10-11,14H,6-9H2,1H3/t10-/m0/s1. The van der Waals surface area contributed by atoms with Crippen molar-refractivity contribution in [1.29, 1.82) is 0 Å². The van der Waals surface area contributed by atoms with Crippen molar-refractivity contribution in [2.75, 3.05) is 0 Å². The second-order valence-electron chi connectivity index (χ2n) is 4.47. The van der Waals surface area contributed by atoms with Crippen LogP contribution in [0.2, 0.25) is 0 Å². The molecule has 0 aliphatic heterocycles. The number of rotatable bonds is 3. The van der Waals surface area contributed by atoms with Crippen LogP contribution in [-0.4, -0.2) is 11.2 Å². The first-order valence-corrected chi connectivity index (χ1v) is 5.50. The highest BCUT2D eigenvalue weighted by Crippen LogP contribution is 2.29. The summed E-state index contributed by atoms with van der Waals surface area (Å²) >= 11 is 0. The quantitative estimate of drug-likeness (QED) is 0.776. The first-order chi connectivity index (χ1) is 6.75. The van der Waals surface area contributed by atoms with Gasteiger partial charge in [0.1, 0.15) is 0 Å². The molecule has 1 aromatic carbocycles. The highest BCUT2D eigenvalue weighted by molar-refractivity contribution is 5.31. The van der Waals surface area contributed by atoms with Crippen LogP contribution in [0.3, 0.4) is 0 Å². The largest absolute Gasteiger partial charge is 0.393 e. The molecule has 0 unspecified atom stereocenters. The molecule has 0 bridgehead atoms. The van der Waals surface area contributed by atoms with E-state index in [0.717, 1.165) is 18.8 Å². The third-order valence-electron chi connectivity index (χ3n) is 3.13.